The van der Waals surface area contributed by atoms with Crippen molar-refractivity contribution in [1.82, 2.24) is 9.80 Å². The van der Waals surface area contributed by atoms with Gasteiger partial charge < -0.3 is 24.2 Å². The summed E-state index contributed by atoms with van der Waals surface area (Å²) in [7, 11) is 4.73. The smallest absolute Gasteiger partial charge is 0.293 e. The van der Waals surface area contributed by atoms with E-state index in [0.717, 1.165) is 5.56 Å². The lowest BCUT2D eigenvalue weighted by Gasteiger charge is -2.35. The van der Waals surface area contributed by atoms with E-state index in [1.807, 2.05) is 11.0 Å². The van der Waals surface area contributed by atoms with Crippen LogP contribution in [0, 0.1) is 10.1 Å². The summed E-state index contributed by atoms with van der Waals surface area (Å²) >= 11 is 0. The number of rotatable bonds is 7. The molecule has 0 unspecified atom stereocenters. The highest BCUT2D eigenvalue weighted by atomic mass is 16.6. The first kappa shape index (κ1) is 23.8. The zero-order valence-corrected chi connectivity index (χ0v) is 19.2. The molecule has 1 heterocycles. The van der Waals surface area contributed by atoms with Crippen LogP contribution in [-0.4, -0.2) is 74.0 Å². The average molecular weight is 456 g/mol. The number of nitro benzene ring substituents is 1. The van der Waals surface area contributed by atoms with Crippen molar-refractivity contribution in [2.45, 2.75) is 13.5 Å². The second-order valence-corrected chi connectivity index (χ2v) is 7.80. The number of benzene rings is 2. The normalized spacial score (nSPS) is 13.5. The SMILES string of the molecule is COc1ccc(CN(C)C(=O)c2ccc(N3CCN(C(C)=O)CC3)c([N+](=O)[O-])c2)cc1OC. The summed E-state index contributed by atoms with van der Waals surface area (Å²) in [6.45, 7) is 3.79. The molecule has 3 rings (SSSR count). The van der Waals surface area contributed by atoms with Gasteiger partial charge in [-0.1, -0.05) is 6.07 Å². The van der Waals surface area contributed by atoms with Crippen molar-refractivity contribution in [1.29, 1.82) is 0 Å². The van der Waals surface area contributed by atoms with E-state index in [0.29, 0.717) is 49.9 Å². The summed E-state index contributed by atoms with van der Waals surface area (Å²) in [5.41, 5.74) is 1.38. The topological polar surface area (TPSA) is 105 Å². The molecular formula is C23H28N4O6. The van der Waals surface area contributed by atoms with Crippen molar-refractivity contribution in [3.63, 3.8) is 0 Å². The largest absolute Gasteiger partial charge is 0.493 e. The highest BCUT2D eigenvalue weighted by Crippen LogP contribution is 2.31. The van der Waals surface area contributed by atoms with Crippen molar-refractivity contribution in [2.24, 2.45) is 0 Å². The molecule has 2 aromatic rings. The van der Waals surface area contributed by atoms with E-state index < -0.39 is 4.92 Å². The van der Waals surface area contributed by atoms with Crippen molar-refractivity contribution in [3.05, 3.63) is 57.6 Å². The van der Waals surface area contributed by atoms with Gasteiger partial charge in [-0.05, 0) is 29.8 Å². The molecule has 0 atom stereocenters. The minimum Gasteiger partial charge on any atom is -0.493 e. The van der Waals surface area contributed by atoms with Gasteiger partial charge in [-0.15, -0.1) is 0 Å². The van der Waals surface area contributed by atoms with Crippen LogP contribution < -0.4 is 14.4 Å². The monoisotopic (exact) mass is 456 g/mol. The molecule has 10 heteroatoms. The Morgan fingerprint density at radius 2 is 1.70 bits per heavy atom. The molecule has 1 saturated heterocycles. The first-order valence-corrected chi connectivity index (χ1v) is 10.5. The molecule has 1 aliphatic rings. The van der Waals surface area contributed by atoms with Gasteiger partial charge in [0.2, 0.25) is 5.91 Å². The minimum atomic E-state index is -0.474. The first-order valence-electron chi connectivity index (χ1n) is 10.5. The average Bonchev–Trinajstić information content (AvgIpc) is 2.83. The summed E-state index contributed by atoms with van der Waals surface area (Å²) < 4.78 is 10.5. The molecule has 0 bridgehead atoms. The molecule has 0 spiro atoms. The Kier molecular flexibility index (Phi) is 7.37. The molecular weight excluding hydrogens is 428 g/mol. The Hall–Kier alpha value is -3.82. The molecule has 0 radical (unpaired) electrons. The fraction of sp³-hybridized carbons (Fsp3) is 0.391. The van der Waals surface area contributed by atoms with E-state index in [9.17, 15) is 19.7 Å². The Balaban J connectivity index is 1.77. The van der Waals surface area contributed by atoms with E-state index in [2.05, 4.69) is 0 Å². The van der Waals surface area contributed by atoms with E-state index in [1.165, 1.54) is 25.0 Å². The van der Waals surface area contributed by atoms with Gasteiger partial charge in [-0.3, -0.25) is 19.7 Å². The second-order valence-electron chi connectivity index (χ2n) is 7.80. The Morgan fingerprint density at radius 1 is 1.03 bits per heavy atom. The third kappa shape index (κ3) is 5.33. The van der Waals surface area contributed by atoms with Gasteiger partial charge >= 0.3 is 0 Å². The quantitative estimate of drug-likeness (QED) is 0.466. The summed E-state index contributed by atoms with van der Waals surface area (Å²) in [5, 5.41) is 11.8. The molecule has 2 amide bonds. The van der Waals surface area contributed by atoms with Crippen molar-refractivity contribution < 1.29 is 24.0 Å². The van der Waals surface area contributed by atoms with E-state index in [1.54, 1.807) is 43.3 Å². The van der Waals surface area contributed by atoms with Crippen molar-refractivity contribution >= 4 is 23.2 Å². The molecule has 176 valence electrons. The second kappa shape index (κ2) is 10.2. The number of nitro groups is 1. The molecule has 10 nitrogen and oxygen atoms in total. The number of hydrogen-bond acceptors (Lipinski definition) is 7. The van der Waals surface area contributed by atoms with Gasteiger partial charge in [-0.2, -0.15) is 0 Å². The number of amides is 2. The summed E-state index contributed by atoms with van der Waals surface area (Å²) in [6, 6.07) is 9.91. The van der Waals surface area contributed by atoms with Crippen LogP contribution >= 0.6 is 0 Å². The molecule has 1 aliphatic heterocycles. The van der Waals surface area contributed by atoms with Crippen LogP contribution in [0.1, 0.15) is 22.8 Å². The molecule has 0 aromatic heterocycles. The Labute approximate surface area is 192 Å². The van der Waals surface area contributed by atoms with E-state index in [-0.39, 0.29) is 23.1 Å². The summed E-state index contributed by atoms with van der Waals surface area (Å²) in [5.74, 6) is 0.801. The third-order valence-electron chi connectivity index (χ3n) is 5.70. The van der Waals surface area contributed by atoms with Gasteiger partial charge in [0.25, 0.3) is 11.6 Å². The Bertz CT molecular complexity index is 1050. The maximum atomic E-state index is 13.0. The van der Waals surface area contributed by atoms with Crippen LogP contribution in [-0.2, 0) is 11.3 Å². The van der Waals surface area contributed by atoms with Gasteiger partial charge in [-0.25, -0.2) is 0 Å². The van der Waals surface area contributed by atoms with Crippen LogP contribution in [0.2, 0.25) is 0 Å². The number of nitrogens with zero attached hydrogens (tertiary/aromatic N) is 4. The van der Waals surface area contributed by atoms with Crippen LogP contribution in [0.5, 0.6) is 11.5 Å². The maximum absolute atomic E-state index is 13.0. The lowest BCUT2D eigenvalue weighted by molar-refractivity contribution is -0.384. The number of carbonyl (C=O) groups excluding carboxylic acids is 2. The minimum absolute atomic E-state index is 0.0115. The van der Waals surface area contributed by atoms with Crippen LogP contribution in [0.3, 0.4) is 0 Å². The molecule has 0 saturated carbocycles. The highest BCUT2D eigenvalue weighted by Gasteiger charge is 2.26. The van der Waals surface area contributed by atoms with Crippen LogP contribution in [0.15, 0.2) is 36.4 Å². The highest BCUT2D eigenvalue weighted by molar-refractivity contribution is 5.95. The molecule has 0 aliphatic carbocycles. The molecule has 2 aromatic carbocycles. The van der Waals surface area contributed by atoms with Crippen molar-refractivity contribution in [2.75, 3.05) is 52.3 Å². The molecule has 33 heavy (non-hydrogen) atoms. The summed E-state index contributed by atoms with van der Waals surface area (Å²) in [4.78, 5) is 40.9. The van der Waals surface area contributed by atoms with Crippen LogP contribution in [0.25, 0.3) is 0 Å². The van der Waals surface area contributed by atoms with Crippen LogP contribution in [0.4, 0.5) is 11.4 Å². The fourth-order valence-electron chi connectivity index (χ4n) is 3.88. The number of hydrogen-bond donors (Lipinski definition) is 0. The van der Waals surface area contributed by atoms with E-state index in [4.69, 9.17) is 9.47 Å². The van der Waals surface area contributed by atoms with Crippen molar-refractivity contribution in [3.8, 4) is 11.5 Å². The first-order chi connectivity index (χ1) is 15.7. The zero-order chi connectivity index (χ0) is 24.1. The van der Waals surface area contributed by atoms with E-state index >= 15 is 0 Å². The predicted octanol–water partition coefficient (Wildman–Crippen LogP) is 2.55. The molecule has 1 fully saturated rings. The number of methoxy groups -OCH3 is 2. The van der Waals surface area contributed by atoms with Gasteiger partial charge in [0.1, 0.15) is 5.69 Å². The van der Waals surface area contributed by atoms with Gasteiger partial charge in [0.05, 0.1) is 19.1 Å². The van der Waals surface area contributed by atoms with Gasteiger partial charge in [0.15, 0.2) is 11.5 Å². The lowest BCUT2D eigenvalue weighted by Crippen LogP contribution is -2.48. The standard InChI is InChI=1S/C23H28N4O6/c1-16(28)25-9-11-26(12-10-25)19-7-6-18(14-20(19)27(30)31)23(29)24(2)15-17-5-8-21(32-3)22(13-17)33-4/h5-8,13-14H,9-12,15H2,1-4H3. The number of anilines is 1. The summed E-state index contributed by atoms with van der Waals surface area (Å²) in [6.07, 6.45) is 0. The number of ether oxygens (including phenoxy) is 2. The third-order valence-corrected chi connectivity index (χ3v) is 5.70. The zero-order valence-electron chi connectivity index (χ0n) is 19.2. The van der Waals surface area contributed by atoms with Gasteiger partial charge in [0, 0.05) is 58.3 Å². The predicted molar refractivity (Wildman–Crippen MR) is 123 cm³/mol. The number of carbonyl (C=O) groups is 2. The molecule has 0 N–H and O–H groups in total. The lowest BCUT2D eigenvalue weighted by atomic mass is 10.1. The fourth-order valence-corrected chi connectivity index (χ4v) is 3.88. The Morgan fingerprint density at radius 3 is 2.27 bits per heavy atom. The number of piperazine rings is 1. The maximum Gasteiger partial charge on any atom is 0.293 e.